The molecule has 0 spiro atoms. The summed E-state index contributed by atoms with van der Waals surface area (Å²) in [6, 6.07) is 13.0. The van der Waals surface area contributed by atoms with Gasteiger partial charge in [-0.1, -0.05) is 25.1 Å². The van der Waals surface area contributed by atoms with Crippen LogP contribution in [0.25, 0.3) is 0 Å². The summed E-state index contributed by atoms with van der Waals surface area (Å²) in [7, 11) is 1.52. The number of hydrogen-bond acceptors (Lipinski definition) is 6. The molecule has 0 aromatic heterocycles. The highest BCUT2D eigenvalue weighted by Crippen LogP contribution is 2.50. The third-order valence-electron chi connectivity index (χ3n) is 4.86. The second kappa shape index (κ2) is 6.78. The summed E-state index contributed by atoms with van der Waals surface area (Å²) in [6.07, 6.45) is 0.409. The number of methoxy groups -OCH3 is 1. The van der Waals surface area contributed by atoms with Crippen LogP contribution < -0.4 is 9.64 Å². The lowest BCUT2D eigenvalue weighted by Gasteiger charge is -2.35. The maximum absolute atomic E-state index is 12.8. The van der Waals surface area contributed by atoms with Gasteiger partial charge < -0.3 is 14.7 Å². The van der Waals surface area contributed by atoms with Crippen LogP contribution >= 0.6 is 11.8 Å². The molecule has 2 aliphatic rings. The quantitative estimate of drug-likeness (QED) is 0.835. The van der Waals surface area contributed by atoms with Crippen LogP contribution in [0.2, 0.25) is 0 Å². The van der Waals surface area contributed by atoms with E-state index in [1.165, 1.54) is 7.11 Å². The standard InChI is InChI=1S/C21H20N2O3S/c1-4-15(24)19-12(2)22-21-23(14-7-5-6-8-18(14)27-21)20(19)13-9-10-16(25)17(11-13)26-3/h5-11,20,25H,4H2,1-3H3. The van der Waals surface area contributed by atoms with E-state index in [2.05, 4.69) is 11.0 Å². The van der Waals surface area contributed by atoms with Gasteiger partial charge in [-0.25, -0.2) is 4.99 Å². The number of ether oxygens (including phenoxy) is 1. The lowest BCUT2D eigenvalue weighted by molar-refractivity contribution is -0.115. The first-order chi connectivity index (χ1) is 13.0. The van der Waals surface area contributed by atoms with Crippen molar-refractivity contribution in [3.63, 3.8) is 0 Å². The van der Waals surface area contributed by atoms with Crippen LogP contribution in [0.1, 0.15) is 31.9 Å². The van der Waals surface area contributed by atoms with Gasteiger partial charge in [-0.15, -0.1) is 0 Å². The summed E-state index contributed by atoms with van der Waals surface area (Å²) in [5, 5.41) is 10.9. The van der Waals surface area contributed by atoms with Crippen LogP contribution in [0, 0.1) is 0 Å². The molecule has 1 N–H and O–H groups in total. The zero-order valence-corrected chi connectivity index (χ0v) is 16.2. The van der Waals surface area contributed by atoms with Crippen molar-refractivity contribution in [3.05, 3.63) is 59.3 Å². The van der Waals surface area contributed by atoms with Gasteiger partial charge >= 0.3 is 0 Å². The van der Waals surface area contributed by atoms with Crippen molar-refractivity contribution in [1.29, 1.82) is 0 Å². The molecule has 2 aliphatic heterocycles. The Morgan fingerprint density at radius 1 is 1.30 bits per heavy atom. The van der Waals surface area contributed by atoms with E-state index in [1.807, 2.05) is 38.1 Å². The molecule has 138 valence electrons. The number of carbonyl (C=O) groups is 1. The highest BCUT2D eigenvalue weighted by Gasteiger charge is 2.40. The number of hydrogen-bond donors (Lipinski definition) is 1. The molecule has 0 fully saturated rings. The van der Waals surface area contributed by atoms with Crippen molar-refractivity contribution >= 4 is 28.4 Å². The number of amidine groups is 1. The summed E-state index contributed by atoms with van der Waals surface area (Å²) in [5.41, 5.74) is 3.34. The average molecular weight is 380 g/mol. The summed E-state index contributed by atoms with van der Waals surface area (Å²) in [4.78, 5) is 20.8. The lowest BCUT2D eigenvalue weighted by Crippen LogP contribution is -2.36. The Bertz CT molecular complexity index is 997. The zero-order valence-electron chi connectivity index (χ0n) is 15.4. The highest BCUT2D eigenvalue weighted by atomic mass is 32.2. The minimum Gasteiger partial charge on any atom is -0.504 e. The normalized spacial score (nSPS) is 18.1. The number of anilines is 1. The van der Waals surface area contributed by atoms with E-state index in [0.717, 1.165) is 27.0 Å². The number of benzene rings is 2. The van der Waals surface area contributed by atoms with Crippen molar-refractivity contribution < 1.29 is 14.6 Å². The fourth-order valence-corrected chi connectivity index (χ4v) is 4.67. The van der Waals surface area contributed by atoms with Crippen molar-refractivity contribution in [2.75, 3.05) is 12.0 Å². The summed E-state index contributed by atoms with van der Waals surface area (Å²) < 4.78 is 5.30. The molecule has 0 saturated carbocycles. The Morgan fingerprint density at radius 2 is 2.07 bits per heavy atom. The lowest BCUT2D eigenvalue weighted by atomic mass is 9.90. The first kappa shape index (κ1) is 17.7. The summed E-state index contributed by atoms with van der Waals surface area (Å²) in [5.74, 6) is 0.533. The Morgan fingerprint density at radius 3 is 2.81 bits per heavy atom. The molecule has 0 bridgehead atoms. The molecule has 0 aliphatic carbocycles. The molecule has 2 aromatic rings. The molecule has 2 aromatic carbocycles. The van der Waals surface area contributed by atoms with Crippen molar-refractivity contribution in [3.8, 4) is 11.5 Å². The van der Waals surface area contributed by atoms with E-state index in [9.17, 15) is 9.90 Å². The van der Waals surface area contributed by atoms with Gasteiger partial charge in [0.1, 0.15) is 0 Å². The van der Waals surface area contributed by atoms with E-state index in [1.54, 1.807) is 23.9 Å². The fraction of sp³-hybridized carbons (Fsp3) is 0.238. The number of allylic oxidation sites excluding steroid dienone is 1. The number of aromatic hydroxyl groups is 1. The molecule has 5 nitrogen and oxygen atoms in total. The van der Waals surface area contributed by atoms with Crippen LogP contribution in [-0.4, -0.2) is 23.2 Å². The van der Waals surface area contributed by atoms with Crippen LogP contribution in [0.15, 0.2) is 63.6 Å². The molecular formula is C21H20N2O3S. The Hall–Kier alpha value is -2.73. The number of carbonyl (C=O) groups excluding carboxylic acids is 1. The van der Waals surface area contributed by atoms with Gasteiger partial charge in [0.25, 0.3) is 0 Å². The van der Waals surface area contributed by atoms with Gasteiger partial charge in [0.05, 0.1) is 18.8 Å². The van der Waals surface area contributed by atoms with E-state index < -0.39 is 0 Å². The fourth-order valence-electron chi connectivity index (χ4n) is 3.57. The van der Waals surface area contributed by atoms with Gasteiger partial charge in [0.15, 0.2) is 22.4 Å². The summed E-state index contributed by atoms with van der Waals surface area (Å²) in [6.45, 7) is 3.75. The predicted molar refractivity (Wildman–Crippen MR) is 108 cm³/mol. The number of nitrogens with zero attached hydrogens (tertiary/aromatic N) is 2. The van der Waals surface area contributed by atoms with E-state index in [0.29, 0.717) is 17.7 Å². The van der Waals surface area contributed by atoms with Crippen LogP contribution in [0.3, 0.4) is 0 Å². The second-order valence-electron chi connectivity index (χ2n) is 6.44. The van der Waals surface area contributed by atoms with Gasteiger partial charge in [-0.2, -0.15) is 0 Å². The van der Waals surface area contributed by atoms with Crippen molar-refractivity contribution in [2.24, 2.45) is 4.99 Å². The largest absolute Gasteiger partial charge is 0.504 e. The van der Waals surface area contributed by atoms with Gasteiger partial charge in [0.2, 0.25) is 0 Å². The number of ketones is 1. The number of phenols is 1. The van der Waals surface area contributed by atoms with Gasteiger partial charge in [-0.3, -0.25) is 4.79 Å². The summed E-state index contributed by atoms with van der Waals surface area (Å²) >= 11 is 1.61. The molecule has 1 atom stereocenters. The number of Topliss-reactive ketones (excluding diaryl/α,β-unsaturated/α-hetero) is 1. The van der Waals surface area contributed by atoms with E-state index in [-0.39, 0.29) is 17.6 Å². The molecule has 0 amide bonds. The van der Waals surface area contributed by atoms with E-state index >= 15 is 0 Å². The zero-order chi connectivity index (χ0) is 19.1. The molecule has 4 rings (SSSR count). The minimum absolute atomic E-state index is 0.0710. The number of para-hydroxylation sites is 1. The number of phenolic OH excluding ortho intramolecular Hbond substituents is 1. The van der Waals surface area contributed by atoms with Crippen molar-refractivity contribution in [1.82, 2.24) is 0 Å². The first-order valence-electron chi connectivity index (χ1n) is 8.80. The molecule has 27 heavy (non-hydrogen) atoms. The molecule has 0 radical (unpaired) electrons. The molecule has 1 unspecified atom stereocenters. The highest BCUT2D eigenvalue weighted by molar-refractivity contribution is 8.14. The molecule has 2 heterocycles. The number of thioether (sulfide) groups is 1. The van der Waals surface area contributed by atoms with Crippen molar-refractivity contribution in [2.45, 2.75) is 31.2 Å². The Labute approximate surface area is 162 Å². The van der Waals surface area contributed by atoms with Crippen LogP contribution in [0.5, 0.6) is 11.5 Å². The first-order valence-corrected chi connectivity index (χ1v) is 9.62. The van der Waals surface area contributed by atoms with Crippen LogP contribution in [-0.2, 0) is 4.79 Å². The Balaban J connectivity index is 1.94. The molecule has 0 saturated heterocycles. The second-order valence-corrected chi connectivity index (χ2v) is 7.45. The smallest absolute Gasteiger partial charge is 0.174 e. The Kier molecular flexibility index (Phi) is 4.44. The monoisotopic (exact) mass is 380 g/mol. The molecular weight excluding hydrogens is 360 g/mol. The molecule has 6 heteroatoms. The van der Waals surface area contributed by atoms with Crippen LogP contribution in [0.4, 0.5) is 5.69 Å². The maximum Gasteiger partial charge on any atom is 0.174 e. The average Bonchev–Trinajstić information content (AvgIpc) is 3.04. The van der Waals surface area contributed by atoms with E-state index in [4.69, 9.17) is 9.73 Å². The minimum atomic E-state index is -0.310. The maximum atomic E-state index is 12.8. The number of fused-ring (bicyclic) bond motifs is 3. The predicted octanol–water partition coefficient (Wildman–Crippen LogP) is 4.68. The van der Waals surface area contributed by atoms with Gasteiger partial charge in [0, 0.05) is 22.6 Å². The third kappa shape index (κ3) is 2.80. The SMILES string of the molecule is CCC(=O)C1=C(C)N=C2Sc3ccccc3N2C1c1ccc(O)c(OC)c1. The number of rotatable bonds is 4. The third-order valence-corrected chi connectivity index (χ3v) is 5.89. The number of aliphatic imine (C=N–C) groups is 1. The topological polar surface area (TPSA) is 62.1 Å². The van der Waals surface area contributed by atoms with Gasteiger partial charge in [-0.05, 0) is 48.5 Å².